The summed E-state index contributed by atoms with van der Waals surface area (Å²) in [5.41, 5.74) is 6.33. The summed E-state index contributed by atoms with van der Waals surface area (Å²) in [5, 5.41) is 5.90. The van der Waals surface area contributed by atoms with Crippen LogP contribution < -0.4 is 5.73 Å². The van der Waals surface area contributed by atoms with E-state index in [4.69, 9.17) is 10.5 Å². The zero-order chi connectivity index (χ0) is 13.3. The van der Waals surface area contributed by atoms with E-state index in [1.807, 2.05) is 38.3 Å². The molecule has 0 aliphatic carbocycles. The van der Waals surface area contributed by atoms with Gasteiger partial charge in [0.2, 0.25) is 0 Å². The lowest BCUT2D eigenvalue weighted by molar-refractivity contribution is 0.0518. The Morgan fingerprint density at radius 2 is 2.22 bits per heavy atom. The minimum absolute atomic E-state index is 0.461. The van der Waals surface area contributed by atoms with Crippen molar-refractivity contribution in [3.8, 4) is 10.6 Å². The number of nitrogens with zero attached hydrogens (tertiary/aromatic N) is 2. The van der Waals surface area contributed by atoms with Crippen LogP contribution in [-0.4, -0.2) is 21.5 Å². The van der Waals surface area contributed by atoms with E-state index >= 15 is 0 Å². The van der Waals surface area contributed by atoms with Crippen LogP contribution in [0.4, 0.5) is 10.5 Å². The zero-order valence-corrected chi connectivity index (χ0v) is 11.3. The van der Waals surface area contributed by atoms with Crippen LogP contribution in [0.2, 0.25) is 0 Å². The van der Waals surface area contributed by atoms with E-state index in [9.17, 15) is 4.79 Å². The Kier molecular flexibility index (Phi) is 3.13. The molecule has 0 saturated heterocycles. The number of carbonyl (C=O) groups is 1. The van der Waals surface area contributed by atoms with Crippen LogP contribution >= 0.6 is 11.3 Å². The van der Waals surface area contributed by atoms with Crippen molar-refractivity contribution >= 4 is 23.1 Å². The van der Waals surface area contributed by atoms with Crippen molar-refractivity contribution in [2.75, 3.05) is 5.73 Å². The fourth-order valence-electron chi connectivity index (χ4n) is 1.46. The molecule has 0 atom stereocenters. The number of hydrogen-bond donors (Lipinski definition) is 1. The van der Waals surface area contributed by atoms with Gasteiger partial charge in [-0.2, -0.15) is 9.78 Å². The number of nitrogens with two attached hydrogens (primary N) is 1. The molecule has 0 radical (unpaired) electrons. The molecular formula is C12H15N3O2S. The third-order valence-electron chi connectivity index (χ3n) is 2.12. The summed E-state index contributed by atoms with van der Waals surface area (Å²) in [7, 11) is 0. The Morgan fingerprint density at radius 3 is 2.78 bits per heavy atom. The first kappa shape index (κ1) is 12.6. The molecule has 0 aliphatic heterocycles. The van der Waals surface area contributed by atoms with Gasteiger partial charge in [-0.3, -0.25) is 0 Å². The summed E-state index contributed by atoms with van der Waals surface area (Å²) in [6, 6.07) is 3.78. The van der Waals surface area contributed by atoms with Crippen molar-refractivity contribution in [1.82, 2.24) is 9.78 Å². The molecule has 0 aliphatic rings. The van der Waals surface area contributed by atoms with Crippen molar-refractivity contribution in [3.05, 3.63) is 23.7 Å². The number of rotatable bonds is 1. The van der Waals surface area contributed by atoms with E-state index in [1.54, 1.807) is 0 Å². The molecule has 5 nitrogen and oxygen atoms in total. The van der Waals surface area contributed by atoms with Gasteiger partial charge < -0.3 is 10.5 Å². The number of ether oxygens (including phenoxy) is 1. The number of thiophene rings is 1. The molecule has 0 aromatic carbocycles. The Balaban J connectivity index is 2.38. The molecule has 2 rings (SSSR count). The Bertz CT molecular complexity index is 552. The predicted octanol–water partition coefficient (Wildman–Crippen LogP) is 2.98. The molecule has 18 heavy (non-hydrogen) atoms. The van der Waals surface area contributed by atoms with Crippen molar-refractivity contribution in [3.63, 3.8) is 0 Å². The van der Waals surface area contributed by atoms with Gasteiger partial charge in [-0.15, -0.1) is 11.3 Å². The van der Waals surface area contributed by atoms with Gasteiger partial charge in [0.1, 0.15) is 11.3 Å². The maximum atomic E-state index is 12.0. The van der Waals surface area contributed by atoms with E-state index in [0.29, 0.717) is 11.4 Å². The monoisotopic (exact) mass is 265 g/mol. The highest BCUT2D eigenvalue weighted by molar-refractivity contribution is 7.13. The van der Waals surface area contributed by atoms with E-state index in [0.717, 1.165) is 4.88 Å². The third kappa shape index (κ3) is 2.53. The average Bonchev–Trinajstić information content (AvgIpc) is 2.82. The van der Waals surface area contributed by atoms with Crippen molar-refractivity contribution in [2.45, 2.75) is 26.4 Å². The summed E-state index contributed by atoms with van der Waals surface area (Å²) >= 11 is 1.50. The quantitative estimate of drug-likeness (QED) is 0.860. The van der Waals surface area contributed by atoms with Crippen LogP contribution in [0.5, 0.6) is 0 Å². The second kappa shape index (κ2) is 4.45. The van der Waals surface area contributed by atoms with Crippen LogP contribution in [0.3, 0.4) is 0 Å². The van der Waals surface area contributed by atoms with Gasteiger partial charge >= 0.3 is 6.09 Å². The molecular weight excluding hydrogens is 250 g/mol. The molecule has 0 amide bonds. The largest absolute Gasteiger partial charge is 0.442 e. The standard InChI is InChI=1S/C12H15N3O2S/c1-12(2,3)17-11(16)15-10(8(13)7-14-15)9-5-4-6-18-9/h4-7H,13H2,1-3H3. The van der Waals surface area contributed by atoms with Gasteiger partial charge in [0, 0.05) is 0 Å². The molecule has 0 fully saturated rings. The van der Waals surface area contributed by atoms with Crippen molar-refractivity contribution in [1.29, 1.82) is 0 Å². The lowest BCUT2D eigenvalue weighted by Crippen LogP contribution is -2.28. The number of anilines is 1. The molecule has 0 spiro atoms. The van der Waals surface area contributed by atoms with Gasteiger partial charge in [-0.1, -0.05) is 6.07 Å². The van der Waals surface area contributed by atoms with Crippen molar-refractivity contribution in [2.24, 2.45) is 0 Å². The van der Waals surface area contributed by atoms with Gasteiger partial charge in [0.25, 0.3) is 0 Å². The topological polar surface area (TPSA) is 70.1 Å². The van der Waals surface area contributed by atoms with E-state index in [2.05, 4.69) is 5.10 Å². The summed E-state index contributed by atoms with van der Waals surface area (Å²) in [4.78, 5) is 12.9. The highest BCUT2D eigenvalue weighted by atomic mass is 32.1. The lowest BCUT2D eigenvalue weighted by atomic mass is 10.2. The van der Waals surface area contributed by atoms with Crippen LogP contribution in [0.1, 0.15) is 20.8 Å². The second-order valence-corrected chi connectivity index (χ2v) is 5.77. The number of aromatic nitrogens is 2. The minimum Gasteiger partial charge on any atom is -0.442 e. The normalized spacial score (nSPS) is 11.5. The molecule has 2 heterocycles. The first-order chi connectivity index (χ1) is 8.38. The molecule has 6 heteroatoms. The molecule has 2 N–H and O–H groups in total. The van der Waals surface area contributed by atoms with Crippen LogP contribution in [0.15, 0.2) is 23.7 Å². The molecule has 0 unspecified atom stereocenters. The number of nitrogen functional groups attached to an aromatic ring is 1. The van der Waals surface area contributed by atoms with Gasteiger partial charge in [0.15, 0.2) is 0 Å². The van der Waals surface area contributed by atoms with E-state index in [1.165, 1.54) is 22.2 Å². The average molecular weight is 265 g/mol. The zero-order valence-electron chi connectivity index (χ0n) is 10.5. The summed E-state index contributed by atoms with van der Waals surface area (Å²) in [6.45, 7) is 5.42. The van der Waals surface area contributed by atoms with E-state index < -0.39 is 11.7 Å². The van der Waals surface area contributed by atoms with Gasteiger partial charge in [-0.05, 0) is 32.2 Å². The maximum Gasteiger partial charge on any atom is 0.435 e. The highest BCUT2D eigenvalue weighted by Gasteiger charge is 2.23. The fourth-order valence-corrected chi connectivity index (χ4v) is 2.24. The lowest BCUT2D eigenvalue weighted by Gasteiger charge is -2.19. The first-order valence-electron chi connectivity index (χ1n) is 5.49. The van der Waals surface area contributed by atoms with E-state index in [-0.39, 0.29) is 0 Å². The highest BCUT2D eigenvalue weighted by Crippen LogP contribution is 2.30. The Morgan fingerprint density at radius 1 is 1.50 bits per heavy atom. The predicted molar refractivity (Wildman–Crippen MR) is 71.6 cm³/mol. The van der Waals surface area contributed by atoms with Gasteiger partial charge in [0.05, 0.1) is 16.8 Å². The smallest absolute Gasteiger partial charge is 0.435 e. The molecule has 96 valence electrons. The maximum absolute atomic E-state index is 12.0. The molecule has 2 aromatic rings. The van der Waals surface area contributed by atoms with Crippen LogP contribution in [0.25, 0.3) is 10.6 Å². The van der Waals surface area contributed by atoms with Crippen LogP contribution in [-0.2, 0) is 4.74 Å². The van der Waals surface area contributed by atoms with Crippen LogP contribution in [0, 0.1) is 0 Å². The fraction of sp³-hybridized carbons (Fsp3) is 0.333. The summed E-state index contributed by atoms with van der Waals surface area (Å²) in [6.07, 6.45) is 0.932. The number of carbonyl (C=O) groups excluding carboxylic acids is 1. The molecule has 0 saturated carbocycles. The molecule has 0 bridgehead atoms. The Labute approximate surface area is 109 Å². The SMILES string of the molecule is CC(C)(C)OC(=O)n1ncc(N)c1-c1cccs1. The summed E-state index contributed by atoms with van der Waals surface area (Å²) in [5.74, 6) is 0. The Hall–Kier alpha value is -1.82. The summed E-state index contributed by atoms with van der Waals surface area (Å²) < 4.78 is 6.49. The van der Waals surface area contributed by atoms with Gasteiger partial charge in [-0.25, -0.2) is 4.79 Å². The van der Waals surface area contributed by atoms with Crippen molar-refractivity contribution < 1.29 is 9.53 Å². The third-order valence-corrected chi connectivity index (χ3v) is 3.00. The first-order valence-corrected chi connectivity index (χ1v) is 6.37. The minimum atomic E-state index is -0.565. The number of hydrogen-bond acceptors (Lipinski definition) is 5. The second-order valence-electron chi connectivity index (χ2n) is 4.82. The molecule has 2 aromatic heterocycles.